The van der Waals surface area contributed by atoms with E-state index in [0.29, 0.717) is 17.5 Å². The van der Waals surface area contributed by atoms with Gasteiger partial charge >= 0.3 is 0 Å². The zero-order valence-corrected chi connectivity index (χ0v) is 10.1. The summed E-state index contributed by atoms with van der Waals surface area (Å²) in [5.74, 6) is 0.161. The summed E-state index contributed by atoms with van der Waals surface area (Å²) in [5.41, 5.74) is 0.998. The highest BCUT2D eigenvalue weighted by Crippen LogP contribution is 2.11. The molecule has 5 heteroatoms. The minimum Gasteiger partial charge on any atom is -0.298 e. The Balaban J connectivity index is 2.76. The van der Waals surface area contributed by atoms with Crippen LogP contribution in [-0.2, 0) is 10.0 Å². The normalized spacial score (nSPS) is 11.4. The Morgan fingerprint density at radius 1 is 1.25 bits per heavy atom. The van der Waals surface area contributed by atoms with Gasteiger partial charge in [-0.3, -0.25) is 9.52 Å². The molecular formula is C11H15NO3S. The first-order valence-corrected chi connectivity index (χ1v) is 6.64. The molecule has 0 aliphatic carbocycles. The molecular weight excluding hydrogens is 226 g/mol. The molecule has 0 atom stereocenters. The Morgan fingerprint density at radius 3 is 2.25 bits per heavy atom. The van der Waals surface area contributed by atoms with E-state index in [2.05, 4.69) is 4.72 Å². The van der Waals surface area contributed by atoms with E-state index in [1.54, 1.807) is 24.3 Å². The molecule has 1 aromatic carbocycles. The van der Waals surface area contributed by atoms with Crippen molar-refractivity contribution in [2.45, 2.75) is 13.8 Å². The fourth-order valence-electron chi connectivity index (χ4n) is 1.29. The number of benzene rings is 1. The monoisotopic (exact) mass is 241 g/mol. The highest BCUT2D eigenvalue weighted by molar-refractivity contribution is 7.92. The van der Waals surface area contributed by atoms with Crippen molar-refractivity contribution >= 4 is 22.0 Å². The average Bonchev–Trinajstić information content (AvgIpc) is 2.16. The first-order chi connectivity index (χ1) is 7.43. The van der Waals surface area contributed by atoms with Crippen LogP contribution in [0.5, 0.6) is 0 Å². The SMILES string of the molecule is CC(C)CS(=O)(=O)Nc1ccc(C=O)cc1. The fraction of sp³-hybridized carbons (Fsp3) is 0.364. The molecule has 0 saturated carbocycles. The van der Waals surface area contributed by atoms with Gasteiger partial charge in [0.2, 0.25) is 10.0 Å². The molecule has 88 valence electrons. The van der Waals surface area contributed by atoms with E-state index in [4.69, 9.17) is 0 Å². The maximum atomic E-state index is 11.6. The van der Waals surface area contributed by atoms with Gasteiger partial charge in [-0.05, 0) is 30.2 Å². The lowest BCUT2D eigenvalue weighted by atomic mass is 10.2. The number of sulfonamides is 1. The van der Waals surface area contributed by atoms with Crippen LogP contribution in [0, 0.1) is 5.92 Å². The van der Waals surface area contributed by atoms with Crippen molar-refractivity contribution in [1.82, 2.24) is 0 Å². The third-order valence-electron chi connectivity index (χ3n) is 1.87. The van der Waals surface area contributed by atoms with Gasteiger partial charge in [0.05, 0.1) is 5.75 Å². The first kappa shape index (κ1) is 12.7. The smallest absolute Gasteiger partial charge is 0.232 e. The molecule has 1 N–H and O–H groups in total. The standard InChI is InChI=1S/C11H15NO3S/c1-9(2)8-16(14,15)12-11-5-3-10(7-13)4-6-11/h3-7,9,12H,8H2,1-2H3. The molecule has 0 aliphatic rings. The van der Waals surface area contributed by atoms with Gasteiger partial charge in [0.25, 0.3) is 0 Å². The van der Waals surface area contributed by atoms with Crippen LogP contribution in [0.25, 0.3) is 0 Å². The summed E-state index contributed by atoms with van der Waals surface area (Å²) in [5, 5.41) is 0. The van der Waals surface area contributed by atoms with Crippen LogP contribution in [0.4, 0.5) is 5.69 Å². The molecule has 4 nitrogen and oxygen atoms in total. The summed E-state index contributed by atoms with van der Waals surface area (Å²) in [6.07, 6.45) is 0.715. The van der Waals surface area contributed by atoms with Crippen LogP contribution in [0.15, 0.2) is 24.3 Å². The quantitative estimate of drug-likeness (QED) is 0.801. The number of rotatable bonds is 5. The number of hydrogen-bond acceptors (Lipinski definition) is 3. The predicted molar refractivity (Wildman–Crippen MR) is 64.1 cm³/mol. The van der Waals surface area contributed by atoms with Crippen molar-refractivity contribution in [1.29, 1.82) is 0 Å². The highest BCUT2D eigenvalue weighted by Gasteiger charge is 2.12. The zero-order chi connectivity index (χ0) is 12.2. The fourth-order valence-corrected chi connectivity index (χ4v) is 2.75. The summed E-state index contributed by atoms with van der Waals surface area (Å²) in [6, 6.07) is 6.28. The molecule has 0 bridgehead atoms. The Labute approximate surface area is 95.7 Å². The van der Waals surface area contributed by atoms with Crippen LogP contribution in [0.2, 0.25) is 0 Å². The topological polar surface area (TPSA) is 63.2 Å². The van der Waals surface area contributed by atoms with E-state index in [0.717, 1.165) is 0 Å². The Hall–Kier alpha value is -1.36. The van der Waals surface area contributed by atoms with E-state index in [9.17, 15) is 13.2 Å². The van der Waals surface area contributed by atoms with E-state index in [1.165, 1.54) is 0 Å². The second-order valence-electron chi connectivity index (χ2n) is 4.02. The Kier molecular flexibility index (Phi) is 4.06. The van der Waals surface area contributed by atoms with Crippen molar-refractivity contribution in [3.8, 4) is 0 Å². The van der Waals surface area contributed by atoms with Crippen LogP contribution in [0.3, 0.4) is 0 Å². The minimum absolute atomic E-state index is 0.0757. The Morgan fingerprint density at radius 2 is 1.81 bits per heavy atom. The summed E-state index contributed by atoms with van der Waals surface area (Å²) in [4.78, 5) is 10.4. The first-order valence-electron chi connectivity index (χ1n) is 4.98. The molecule has 0 fully saturated rings. The van der Waals surface area contributed by atoms with Crippen LogP contribution < -0.4 is 4.72 Å². The van der Waals surface area contributed by atoms with Gasteiger partial charge in [0, 0.05) is 11.3 Å². The molecule has 0 unspecified atom stereocenters. The number of hydrogen-bond donors (Lipinski definition) is 1. The lowest BCUT2D eigenvalue weighted by Gasteiger charge is -2.09. The second-order valence-corrected chi connectivity index (χ2v) is 5.78. The maximum absolute atomic E-state index is 11.6. The molecule has 0 aliphatic heterocycles. The van der Waals surface area contributed by atoms with Crippen molar-refractivity contribution in [3.63, 3.8) is 0 Å². The average molecular weight is 241 g/mol. The molecule has 0 radical (unpaired) electrons. The number of carbonyl (C=O) groups is 1. The summed E-state index contributed by atoms with van der Waals surface area (Å²) in [7, 11) is -3.29. The number of anilines is 1. The largest absolute Gasteiger partial charge is 0.298 e. The van der Waals surface area contributed by atoms with Crippen molar-refractivity contribution in [2.75, 3.05) is 10.5 Å². The van der Waals surface area contributed by atoms with Crippen LogP contribution >= 0.6 is 0 Å². The molecule has 0 amide bonds. The molecule has 1 aromatic rings. The Bertz CT molecular complexity index is 449. The van der Waals surface area contributed by atoms with Crippen molar-refractivity contribution in [2.24, 2.45) is 5.92 Å². The molecule has 0 heterocycles. The van der Waals surface area contributed by atoms with E-state index < -0.39 is 10.0 Å². The summed E-state index contributed by atoms with van der Waals surface area (Å²) < 4.78 is 25.6. The van der Waals surface area contributed by atoms with Crippen molar-refractivity contribution < 1.29 is 13.2 Å². The minimum atomic E-state index is -3.29. The van der Waals surface area contributed by atoms with Gasteiger partial charge in [-0.1, -0.05) is 13.8 Å². The van der Waals surface area contributed by atoms with Crippen LogP contribution in [-0.4, -0.2) is 20.5 Å². The maximum Gasteiger partial charge on any atom is 0.232 e. The van der Waals surface area contributed by atoms with Gasteiger partial charge < -0.3 is 0 Å². The highest BCUT2D eigenvalue weighted by atomic mass is 32.2. The number of carbonyl (C=O) groups excluding carboxylic acids is 1. The predicted octanol–water partition coefficient (Wildman–Crippen LogP) is 1.90. The van der Waals surface area contributed by atoms with Crippen molar-refractivity contribution in [3.05, 3.63) is 29.8 Å². The van der Waals surface area contributed by atoms with Gasteiger partial charge in [0.1, 0.15) is 6.29 Å². The molecule has 0 spiro atoms. The lowest BCUT2D eigenvalue weighted by Crippen LogP contribution is -2.19. The van der Waals surface area contributed by atoms with E-state index in [-0.39, 0.29) is 11.7 Å². The van der Waals surface area contributed by atoms with E-state index >= 15 is 0 Å². The lowest BCUT2D eigenvalue weighted by molar-refractivity contribution is 0.112. The van der Waals surface area contributed by atoms with Gasteiger partial charge in [-0.2, -0.15) is 0 Å². The summed E-state index contributed by atoms with van der Waals surface area (Å²) in [6.45, 7) is 3.68. The third kappa shape index (κ3) is 4.02. The summed E-state index contributed by atoms with van der Waals surface area (Å²) >= 11 is 0. The zero-order valence-electron chi connectivity index (χ0n) is 9.30. The molecule has 16 heavy (non-hydrogen) atoms. The molecule has 1 rings (SSSR count). The molecule has 0 saturated heterocycles. The second kappa shape index (κ2) is 5.12. The van der Waals surface area contributed by atoms with Gasteiger partial charge in [-0.15, -0.1) is 0 Å². The van der Waals surface area contributed by atoms with Gasteiger partial charge in [0.15, 0.2) is 0 Å². The molecule has 0 aromatic heterocycles. The third-order valence-corrected chi connectivity index (χ3v) is 3.53. The van der Waals surface area contributed by atoms with Crippen LogP contribution in [0.1, 0.15) is 24.2 Å². The number of aldehydes is 1. The van der Waals surface area contributed by atoms with Gasteiger partial charge in [-0.25, -0.2) is 8.42 Å². The number of nitrogens with one attached hydrogen (secondary N) is 1. The van der Waals surface area contributed by atoms with E-state index in [1.807, 2.05) is 13.8 Å².